The molecule has 0 fully saturated rings. The van der Waals surface area contributed by atoms with Crippen molar-refractivity contribution in [2.45, 2.75) is 13.5 Å². The second kappa shape index (κ2) is 8.05. The molecule has 130 valence electrons. The first-order chi connectivity index (χ1) is 11.9. The molecule has 0 saturated heterocycles. The molecular weight excluding hydrogens is 330 g/mol. The maximum Gasteiger partial charge on any atom is 0.387 e. The van der Waals surface area contributed by atoms with Crippen molar-refractivity contribution in [2.24, 2.45) is 5.73 Å². The number of rotatable bonds is 6. The number of nitrogens with one attached hydrogen (secondary N) is 1. The summed E-state index contributed by atoms with van der Waals surface area (Å²) in [6, 6.07) is 10.8. The van der Waals surface area contributed by atoms with E-state index in [0.29, 0.717) is 22.4 Å². The zero-order valence-corrected chi connectivity index (χ0v) is 13.3. The lowest BCUT2D eigenvalue weighted by Gasteiger charge is -2.08. The highest BCUT2D eigenvalue weighted by molar-refractivity contribution is 6.02. The topological polar surface area (TPSA) is 81.4 Å². The van der Waals surface area contributed by atoms with Gasteiger partial charge in [-0.15, -0.1) is 0 Å². The maximum absolute atomic E-state index is 12.4. The Morgan fingerprint density at radius 2 is 1.92 bits per heavy atom. The molecule has 0 aromatic heterocycles. The SMILES string of the molecule is Cc1cc(NC(=O)C=Cc2ccccc2OC(F)F)ccc1C(N)=O. The molecule has 2 aromatic rings. The molecule has 5 nitrogen and oxygen atoms in total. The van der Waals surface area contributed by atoms with Crippen molar-refractivity contribution in [1.29, 1.82) is 0 Å². The van der Waals surface area contributed by atoms with Gasteiger partial charge in [0.05, 0.1) is 0 Å². The highest BCUT2D eigenvalue weighted by Gasteiger charge is 2.08. The molecule has 0 aliphatic carbocycles. The van der Waals surface area contributed by atoms with Crippen LogP contribution in [0.2, 0.25) is 0 Å². The van der Waals surface area contributed by atoms with Gasteiger partial charge in [-0.1, -0.05) is 18.2 Å². The van der Waals surface area contributed by atoms with Crippen LogP contribution in [0.4, 0.5) is 14.5 Å². The molecule has 0 atom stereocenters. The van der Waals surface area contributed by atoms with E-state index in [-0.39, 0.29) is 5.75 Å². The van der Waals surface area contributed by atoms with E-state index in [1.165, 1.54) is 24.3 Å². The number of hydrogen-bond donors (Lipinski definition) is 2. The zero-order chi connectivity index (χ0) is 18.4. The van der Waals surface area contributed by atoms with Gasteiger partial charge in [-0.25, -0.2) is 0 Å². The molecule has 0 radical (unpaired) electrons. The molecule has 3 N–H and O–H groups in total. The third-order valence-corrected chi connectivity index (χ3v) is 3.31. The number of carbonyl (C=O) groups is 2. The number of para-hydroxylation sites is 1. The van der Waals surface area contributed by atoms with E-state index in [0.717, 1.165) is 0 Å². The van der Waals surface area contributed by atoms with Crippen LogP contribution in [-0.2, 0) is 4.79 Å². The third kappa shape index (κ3) is 5.13. The van der Waals surface area contributed by atoms with Crippen LogP contribution in [0.25, 0.3) is 6.08 Å². The molecule has 2 rings (SSSR count). The molecule has 0 unspecified atom stereocenters. The molecule has 0 aliphatic heterocycles. The molecule has 0 heterocycles. The van der Waals surface area contributed by atoms with Gasteiger partial charge in [-0.3, -0.25) is 9.59 Å². The Morgan fingerprint density at radius 3 is 2.56 bits per heavy atom. The lowest BCUT2D eigenvalue weighted by molar-refractivity contribution is -0.111. The summed E-state index contributed by atoms with van der Waals surface area (Å²) in [5, 5.41) is 2.61. The minimum atomic E-state index is -2.95. The minimum Gasteiger partial charge on any atom is -0.434 e. The van der Waals surface area contributed by atoms with E-state index < -0.39 is 18.4 Å². The van der Waals surface area contributed by atoms with Crippen molar-refractivity contribution in [1.82, 2.24) is 0 Å². The highest BCUT2D eigenvalue weighted by atomic mass is 19.3. The van der Waals surface area contributed by atoms with E-state index in [1.807, 2.05) is 0 Å². The van der Waals surface area contributed by atoms with Gasteiger partial charge in [-0.2, -0.15) is 8.78 Å². The largest absolute Gasteiger partial charge is 0.434 e. The summed E-state index contributed by atoms with van der Waals surface area (Å²) in [6.45, 7) is -1.25. The van der Waals surface area contributed by atoms with E-state index in [2.05, 4.69) is 10.1 Å². The Kier molecular flexibility index (Phi) is 5.84. The summed E-state index contributed by atoms with van der Waals surface area (Å²) < 4.78 is 29.1. The van der Waals surface area contributed by atoms with Crippen molar-refractivity contribution in [3.05, 3.63) is 65.2 Å². The van der Waals surface area contributed by atoms with Crippen LogP contribution in [0.15, 0.2) is 48.5 Å². The van der Waals surface area contributed by atoms with Crippen LogP contribution in [-0.4, -0.2) is 18.4 Å². The summed E-state index contributed by atoms with van der Waals surface area (Å²) in [5.74, 6) is -1.04. The summed E-state index contributed by atoms with van der Waals surface area (Å²) in [4.78, 5) is 23.2. The summed E-state index contributed by atoms with van der Waals surface area (Å²) >= 11 is 0. The lowest BCUT2D eigenvalue weighted by atomic mass is 10.1. The Labute approximate surface area is 143 Å². The van der Waals surface area contributed by atoms with E-state index in [9.17, 15) is 18.4 Å². The van der Waals surface area contributed by atoms with Crippen molar-refractivity contribution in [3.63, 3.8) is 0 Å². The fraction of sp³-hybridized carbons (Fsp3) is 0.111. The number of nitrogens with two attached hydrogens (primary N) is 1. The van der Waals surface area contributed by atoms with E-state index >= 15 is 0 Å². The number of anilines is 1. The molecule has 25 heavy (non-hydrogen) atoms. The molecule has 0 spiro atoms. The predicted molar refractivity (Wildman–Crippen MR) is 90.4 cm³/mol. The third-order valence-electron chi connectivity index (χ3n) is 3.31. The summed E-state index contributed by atoms with van der Waals surface area (Å²) in [6.07, 6.45) is 2.57. The molecule has 0 aliphatic rings. The van der Waals surface area contributed by atoms with Gasteiger partial charge in [0.1, 0.15) is 5.75 Å². The summed E-state index contributed by atoms with van der Waals surface area (Å²) in [7, 11) is 0. The van der Waals surface area contributed by atoms with Crippen LogP contribution in [0, 0.1) is 6.92 Å². The number of halogens is 2. The standard InChI is InChI=1S/C18H16F2N2O3/c1-11-10-13(7-8-14(11)17(21)24)22-16(23)9-6-12-4-2-3-5-15(12)25-18(19)20/h2-10,18H,1H3,(H2,21,24)(H,22,23). The first-order valence-corrected chi connectivity index (χ1v) is 7.30. The fourth-order valence-electron chi connectivity index (χ4n) is 2.19. The minimum absolute atomic E-state index is 0.0248. The number of hydrogen-bond acceptors (Lipinski definition) is 3. The van der Waals surface area contributed by atoms with Crippen LogP contribution in [0.1, 0.15) is 21.5 Å². The number of alkyl halides is 2. The quantitative estimate of drug-likeness (QED) is 0.787. The van der Waals surface area contributed by atoms with Gasteiger partial charge in [0.15, 0.2) is 0 Å². The van der Waals surface area contributed by atoms with Crippen molar-refractivity contribution >= 4 is 23.6 Å². The van der Waals surface area contributed by atoms with Crippen LogP contribution in [0.3, 0.4) is 0 Å². The van der Waals surface area contributed by atoms with Crippen molar-refractivity contribution in [2.75, 3.05) is 5.32 Å². The normalized spacial score (nSPS) is 10.9. The van der Waals surface area contributed by atoms with Crippen LogP contribution < -0.4 is 15.8 Å². The number of ether oxygens (including phenoxy) is 1. The Balaban J connectivity index is 2.09. The molecular formula is C18H16F2N2O3. The Bertz CT molecular complexity index is 820. The Morgan fingerprint density at radius 1 is 1.20 bits per heavy atom. The van der Waals surface area contributed by atoms with Gasteiger partial charge in [0, 0.05) is 22.9 Å². The number of primary amides is 1. The molecule has 0 bridgehead atoms. The second-order valence-electron chi connectivity index (χ2n) is 5.13. The van der Waals surface area contributed by atoms with Crippen LogP contribution >= 0.6 is 0 Å². The molecule has 2 amide bonds. The van der Waals surface area contributed by atoms with Gasteiger partial charge < -0.3 is 15.8 Å². The Hall–Kier alpha value is -3.22. The molecule has 2 aromatic carbocycles. The highest BCUT2D eigenvalue weighted by Crippen LogP contribution is 2.21. The van der Waals surface area contributed by atoms with E-state index in [1.54, 1.807) is 37.3 Å². The first-order valence-electron chi connectivity index (χ1n) is 7.30. The average Bonchev–Trinajstić information content (AvgIpc) is 2.53. The average molecular weight is 346 g/mol. The van der Waals surface area contributed by atoms with Crippen molar-refractivity contribution < 1.29 is 23.1 Å². The van der Waals surface area contributed by atoms with Crippen LogP contribution in [0.5, 0.6) is 5.75 Å². The first kappa shape index (κ1) is 18.1. The fourth-order valence-corrected chi connectivity index (χ4v) is 2.19. The maximum atomic E-state index is 12.4. The number of carbonyl (C=O) groups excluding carboxylic acids is 2. The molecule has 7 heteroatoms. The summed E-state index contributed by atoms with van der Waals surface area (Å²) in [5.41, 5.74) is 7.05. The zero-order valence-electron chi connectivity index (χ0n) is 13.3. The molecule has 0 saturated carbocycles. The van der Waals surface area contributed by atoms with Gasteiger partial charge in [-0.05, 0) is 42.8 Å². The number of aryl methyl sites for hydroxylation is 1. The van der Waals surface area contributed by atoms with Crippen molar-refractivity contribution in [3.8, 4) is 5.75 Å². The smallest absolute Gasteiger partial charge is 0.387 e. The number of amides is 2. The number of benzene rings is 2. The predicted octanol–water partition coefficient (Wildman–Crippen LogP) is 3.35. The van der Waals surface area contributed by atoms with Gasteiger partial charge in [0.2, 0.25) is 11.8 Å². The van der Waals surface area contributed by atoms with Gasteiger partial charge >= 0.3 is 6.61 Å². The monoisotopic (exact) mass is 346 g/mol. The van der Waals surface area contributed by atoms with Gasteiger partial charge in [0.25, 0.3) is 0 Å². The lowest BCUT2D eigenvalue weighted by Crippen LogP contribution is -2.13. The van der Waals surface area contributed by atoms with E-state index in [4.69, 9.17) is 5.73 Å². The second-order valence-corrected chi connectivity index (χ2v) is 5.13.